The number of hydrogen-bond acceptors (Lipinski definition) is 6. The van der Waals surface area contributed by atoms with E-state index >= 15 is 0 Å². The van der Waals surface area contributed by atoms with Crippen LogP contribution in [0.25, 0.3) is 56.2 Å². The molecule has 2 fully saturated rings. The molecule has 4 aromatic heterocycles. The maximum atomic E-state index is 6.44. The van der Waals surface area contributed by atoms with Crippen LogP contribution in [0.1, 0.15) is 93.9 Å². The molecule has 0 N–H and O–H groups in total. The molecule has 0 aliphatic carbocycles. The normalized spacial score (nSPS) is 16.3. The molecule has 0 spiro atoms. The van der Waals surface area contributed by atoms with E-state index in [0.717, 1.165) is 70.5 Å². The van der Waals surface area contributed by atoms with Gasteiger partial charge in [-0.15, -0.1) is 47.8 Å². The van der Waals surface area contributed by atoms with Gasteiger partial charge < -0.3 is 38.4 Å². The van der Waals surface area contributed by atoms with Crippen molar-refractivity contribution in [2.75, 3.05) is 9.80 Å². The average molecular weight is 1390 g/mol. The Labute approximate surface area is 487 Å². The third-order valence-electron chi connectivity index (χ3n) is 15.4. The van der Waals surface area contributed by atoms with E-state index in [1.165, 1.54) is 24.2 Å². The summed E-state index contributed by atoms with van der Waals surface area (Å²) in [5.41, 5.74) is 11.2. The Balaban J connectivity index is 0.00000344. The number of imidazole rings is 2. The van der Waals surface area contributed by atoms with E-state index in [1.54, 1.807) is 24.5 Å². The van der Waals surface area contributed by atoms with Crippen molar-refractivity contribution in [3.8, 4) is 57.1 Å². The third-order valence-corrected chi connectivity index (χ3v) is 15.4. The number of pyridine rings is 2. The molecule has 0 saturated carbocycles. The second-order valence-electron chi connectivity index (χ2n) is 22.8. The fourth-order valence-corrected chi connectivity index (χ4v) is 12.4. The van der Waals surface area contributed by atoms with Gasteiger partial charge in [-0.2, -0.15) is 36.4 Å². The van der Waals surface area contributed by atoms with Gasteiger partial charge in [-0.05, 0) is 154 Å². The molecule has 10 aromatic rings. The van der Waals surface area contributed by atoms with E-state index in [9.17, 15) is 0 Å². The summed E-state index contributed by atoms with van der Waals surface area (Å²) in [7, 11) is 0. The summed E-state index contributed by atoms with van der Waals surface area (Å²) in [6, 6.07) is 63.3. The van der Waals surface area contributed by atoms with Gasteiger partial charge in [-0.1, -0.05) is 60.7 Å². The van der Waals surface area contributed by atoms with Crippen molar-refractivity contribution >= 4 is 33.4 Å². The van der Waals surface area contributed by atoms with Crippen LogP contribution in [0.2, 0.25) is 0 Å². The monoisotopic (exact) mass is 1390 g/mol. The summed E-state index contributed by atoms with van der Waals surface area (Å²) < 4.78 is 21.2. The van der Waals surface area contributed by atoms with Crippen LogP contribution in [-0.2, 0) is 42.1 Å². The number of ether oxygens (including phenoxy) is 2. The van der Waals surface area contributed by atoms with Crippen LogP contribution < -0.4 is 28.4 Å². The Morgan fingerprint density at radius 3 is 1.18 bits per heavy atom. The van der Waals surface area contributed by atoms with Gasteiger partial charge in [0, 0.05) is 98.7 Å². The summed E-state index contributed by atoms with van der Waals surface area (Å²) in [5, 5.41) is 0. The molecule has 10 nitrogen and oxygen atoms in total. The van der Waals surface area contributed by atoms with Gasteiger partial charge >= 0.3 is 0 Å². The first-order valence-electron chi connectivity index (χ1n) is 26.5. The number of benzene rings is 6. The quantitative estimate of drug-likeness (QED) is 0.0949. The van der Waals surface area contributed by atoms with E-state index in [4.69, 9.17) is 9.47 Å². The minimum absolute atomic E-state index is 0. The summed E-state index contributed by atoms with van der Waals surface area (Å²) in [6.45, 7) is 18.9. The zero-order valence-electron chi connectivity index (χ0n) is 45.3. The Bertz CT molecular complexity index is 3520. The first-order valence-corrected chi connectivity index (χ1v) is 26.5. The third kappa shape index (κ3) is 10.5. The van der Waals surface area contributed by atoms with Gasteiger partial charge in [0.2, 0.25) is 0 Å². The van der Waals surface area contributed by atoms with Crippen molar-refractivity contribution in [1.82, 2.24) is 19.1 Å². The van der Waals surface area contributed by atoms with Crippen molar-refractivity contribution < 1.29 is 60.7 Å². The summed E-state index contributed by atoms with van der Waals surface area (Å²) in [6.07, 6.45) is 17.7. The fourth-order valence-electron chi connectivity index (χ4n) is 12.4. The molecule has 2 aliphatic heterocycles. The zero-order chi connectivity index (χ0) is 52.4. The first kappa shape index (κ1) is 54.5. The van der Waals surface area contributed by atoms with E-state index in [-0.39, 0.29) is 64.3 Å². The predicted octanol–water partition coefficient (Wildman–Crippen LogP) is 14.1. The molecule has 6 aromatic carbocycles. The predicted molar refractivity (Wildman–Crippen MR) is 299 cm³/mol. The Hall–Kier alpha value is -6.86. The summed E-state index contributed by atoms with van der Waals surface area (Å²) in [5.74, 6) is 1.94. The van der Waals surface area contributed by atoms with Gasteiger partial charge in [0.05, 0.1) is 33.4 Å². The van der Waals surface area contributed by atoms with E-state index in [1.807, 2.05) is 45.5 Å². The summed E-state index contributed by atoms with van der Waals surface area (Å²) in [4.78, 5) is 14.4. The Kier molecular flexibility index (Phi) is 15.0. The standard InChI is InChI=1S/C66H62N8O2.2Pt/c1-63(2)33-17-34-64(3,4)73(63)51-23-13-19-47(39-51)69-45-71(61-29-11-9-27-59(61)69)49-21-15-25-53(41-49)75-55-31-37-67-57(43-55)58-44-56(32-38-68-58)76-54-26-16-22-50(42-54)72-46-70(60-28-10-12-30-62(60)72)48-20-14-24-52(40-48)74-65(5,6)35-18-36-66(74,7)8;;/h9-16,19-32,37-40H,17-18,33-36H2,1-8H3;;/q-4;;. The Morgan fingerprint density at radius 1 is 0.410 bits per heavy atom. The van der Waals surface area contributed by atoms with Crippen molar-refractivity contribution in [1.29, 1.82) is 0 Å². The first-order chi connectivity index (χ1) is 36.6. The second-order valence-corrected chi connectivity index (χ2v) is 22.8. The average Bonchev–Trinajstić information content (AvgIpc) is 4.04. The van der Waals surface area contributed by atoms with Gasteiger partial charge in [-0.3, -0.25) is 9.13 Å². The SMILES string of the molecule is CC1(C)CCCC(C)(C)N1c1cccc(-n2[c-][n+](-c3[c-]c(Oc4[c-]c(-c5[c-]c(Oc6[c-]c(-[n+]7[c-]n(-c8cccc(N9C(C)(C)CCCC9(C)C)c8)c8ccccc87)ccc6)ccn5)ncc4)ccc3)c3ccccc32)c1.[Pt].[Pt]. The molecule has 0 bridgehead atoms. The zero-order valence-corrected chi connectivity index (χ0v) is 49.8. The molecule has 2 aliphatic rings. The van der Waals surface area contributed by atoms with Crippen LogP contribution in [0, 0.1) is 36.9 Å². The molecule has 402 valence electrons. The largest absolute Gasteiger partial charge is 0.511 e. The number of hydrogen-bond donors (Lipinski definition) is 0. The minimum Gasteiger partial charge on any atom is -0.511 e. The maximum Gasteiger partial charge on any atom is 0.268 e. The van der Waals surface area contributed by atoms with Crippen molar-refractivity contribution in [2.24, 2.45) is 0 Å². The van der Waals surface area contributed by atoms with Crippen LogP contribution in [0.4, 0.5) is 11.4 Å². The van der Waals surface area contributed by atoms with Gasteiger partial charge in [0.1, 0.15) is 0 Å². The van der Waals surface area contributed by atoms with Crippen molar-refractivity contribution in [2.45, 2.75) is 116 Å². The number of rotatable bonds is 11. The molecular weight excluding hydrogens is 1330 g/mol. The van der Waals surface area contributed by atoms with E-state index in [0.29, 0.717) is 34.4 Å². The number of anilines is 2. The number of nitrogens with zero attached hydrogens (tertiary/aromatic N) is 8. The van der Waals surface area contributed by atoms with Crippen LogP contribution in [0.5, 0.6) is 23.0 Å². The van der Waals surface area contributed by atoms with E-state index < -0.39 is 0 Å². The number of aromatic nitrogens is 6. The number of para-hydroxylation sites is 4. The van der Waals surface area contributed by atoms with Gasteiger partial charge in [0.15, 0.2) is 0 Å². The molecule has 0 radical (unpaired) electrons. The van der Waals surface area contributed by atoms with Crippen LogP contribution >= 0.6 is 0 Å². The molecule has 2 saturated heterocycles. The van der Waals surface area contributed by atoms with Crippen LogP contribution in [-0.4, -0.2) is 41.3 Å². The Morgan fingerprint density at radius 2 is 0.769 bits per heavy atom. The maximum absolute atomic E-state index is 6.44. The van der Waals surface area contributed by atoms with Crippen molar-refractivity contribution in [3.05, 3.63) is 195 Å². The van der Waals surface area contributed by atoms with Gasteiger partial charge in [0.25, 0.3) is 12.7 Å². The molecule has 78 heavy (non-hydrogen) atoms. The smallest absolute Gasteiger partial charge is 0.268 e. The molecule has 0 atom stereocenters. The second kappa shape index (κ2) is 21.4. The molecule has 0 amide bonds. The van der Waals surface area contributed by atoms with Crippen LogP contribution in [0.3, 0.4) is 0 Å². The van der Waals surface area contributed by atoms with E-state index in [2.05, 4.69) is 218 Å². The fraction of sp³-hybridized carbons (Fsp3) is 0.273. The van der Waals surface area contributed by atoms with Crippen LogP contribution in [0.15, 0.2) is 158 Å². The topological polar surface area (TPSA) is 68.3 Å². The molecule has 6 heterocycles. The summed E-state index contributed by atoms with van der Waals surface area (Å²) >= 11 is 0. The van der Waals surface area contributed by atoms with Gasteiger partial charge in [-0.25, -0.2) is 0 Å². The molecular formula is C66H62N8O2Pt2-4. The molecule has 12 rings (SSSR count). The molecule has 0 unspecified atom stereocenters. The van der Waals surface area contributed by atoms with Crippen molar-refractivity contribution in [3.63, 3.8) is 0 Å². The number of piperidine rings is 2. The minimum atomic E-state index is 0. The molecule has 12 heteroatoms. The number of fused-ring (bicyclic) bond motifs is 2.